The first-order valence-electron chi connectivity index (χ1n) is 1.29. The summed E-state index contributed by atoms with van der Waals surface area (Å²) in [4.78, 5) is 0. The fourth-order valence-corrected chi connectivity index (χ4v) is 0. The Labute approximate surface area is 43.3 Å². The monoisotopic (exact) mass is 106 g/mol. The van der Waals surface area contributed by atoms with Crippen LogP contribution in [-0.4, -0.2) is 14.2 Å². The lowest BCUT2D eigenvalue weighted by Crippen LogP contribution is -1.55. The molecule has 1 nitrogen and oxygen atoms in total. The zero-order valence-electron chi connectivity index (χ0n) is 3.86. The number of halogens is 1. The molecule has 6 heavy (non-hydrogen) atoms. The van der Waals surface area contributed by atoms with Crippen LogP contribution in [0.3, 0.4) is 0 Å². The van der Waals surface area contributed by atoms with Gasteiger partial charge >= 0.3 is 0 Å². The molecule has 0 aromatic heterocycles. The molecule has 36 valence electrons. The van der Waals surface area contributed by atoms with Crippen molar-refractivity contribution in [3.05, 3.63) is 0 Å². The molecule has 0 bridgehead atoms. The average molecular weight is 107 g/mol. The van der Waals surface area contributed by atoms with Crippen molar-refractivity contribution in [2.24, 2.45) is 0 Å². The molecular formula is C4H7ClO. The highest BCUT2D eigenvalue weighted by molar-refractivity contribution is 6.29. The van der Waals surface area contributed by atoms with E-state index in [0.717, 1.165) is 0 Å². The van der Waals surface area contributed by atoms with Gasteiger partial charge in [0.05, 0.1) is 0 Å². The topological polar surface area (TPSA) is 9.23 Å². The van der Waals surface area contributed by atoms with Gasteiger partial charge in [0.15, 0.2) is 0 Å². The Morgan fingerprint density at radius 3 is 1.67 bits per heavy atom. The SMILES string of the molecule is C#CCl.COC. The zero-order chi connectivity index (χ0) is 5.41. The van der Waals surface area contributed by atoms with Crippen molar-refractivity contribution >= 4 is 11.6 Å². The third-order valence-corrected chi connectivity index (χ3v) is 0. The van der Waals surface area contributed by atoms with Gasteiger partial charge in [-0.3, -0.25) is 0 Å². The maximum Gasteiger partial charge on any atom is 0.0351 e. The third kappa shape index (κ3) is 833. The van der Waals surface area contributed by atoms with Crippen molar-refractivity contribution in [3.63, 3.8) is 0 Å². The highest BCUT2D eigenvalue weighted by Gasteiger charge is 1.25. The minimum absolute atomic E-state index is 1.62. The van der Waals surface area contributed by atoms with Crippen molar-refractivity contribution in [1.29, 1.82) is 0 Å². The highest BCUT2D eigenvalue weighted by Crippen LogP contribution is 1.48. The molecule has 0 aliphatic rings. The summed E-state index contributed by atoms with van der Waals surface area (Å²) in [5.41, 5.74) is 0. The summed E-state index contributed by atoms with van der Waals surface area (Å²) in [6.45, 7) is 0. The van der Waals surface area contributed by atoms with Gasteiger partial charge in [-0.1, -0.05) is 0 Å². The number of ether oxygens (including phenoxy) is 1. The van der Waals surface area contributed by atoms with E-state index in [-0.39, 0.29) is 0 Å². The van der Waals surface area contributed by atoms with Crippen molar-refractivity contribution in [1.82, 2.24) is 0 Å². The lowest BCUT2D eigenvalue weighted by Gasteiger charge is -1.61. The van der Waals surface area contributed by atoms with Gasteiger partial charge in [-0.05, 0) is 11.6 Å². The predicted molar refractivity (Wildman–Crippen MR) is 27.6 cm³/mol. The molecule has 0 aliphatic carbocycles. The minimum atomic E-state index is 1.62. The average Bonchev–Trinajstić information content (AvgIpc) is 1.39. The second-order valence-electron chi connectivity index (χ2n) is 0.517. The quantitative estimate of drug-likeness (QED) is 0.420. The van der Waals surface area contributed by atoms with E-state index in [1.54, 1.807) is 19.6 Å². The Morgan fingerprint density at radius 1 is 1.67 bits per heavy atom. The van der Waals surface area contributed by atoms with E-state index in [1.165, 1.54) is 0 Å². The number of hydrogen-bond acceptors (Lipinski definition) is 1. The van der Waals surface area contributed by atoms with E-state index in [0.29, 0.717) is 0 Å². The molecule has 0 radical (unpaired) electrons. The fraction of sp³-hybridized carbons (Fsp3) is 0.500. The van der Waals surface area contributed by atoms with Gasteiger partial charge in [0.1, 0.15) is 0 Å². The zero-order valence-corrected chi connectivity index (χ0v) is 4.62. The van der Waals surface area contributed by atoms with Gasteiger partial charge in [0.25, 0.3) is 0 Å². The molecule has 0 spiro atoms. The van der Waals surface area contributed by atoms with Gasteiger partial charge < -0.3 is 4.74 Å². The van der Waals surface area contributed by atoms with E-state index in [9.17, 15) is 0 Å². The Bertz CT molecular complexity index is 37.3. The van der Waals surface area contributed by atoms with Crippen molar-refractivity contribution in [3.8, 4) is 11.8 Å². The fourth-order valence-electron chi connectivity index (χ4n) is 0. The largest absolute Gasteiger partial charge is 0.388 e. The summed E-state index contributed by atoms with van der Waals surface area (Å²) >= 11 is 4.53. The Morgan fingerprint density at radius 2 is 1.67 bits per heavy atom. The lowest BCUT2D eigenvalue weighted by atomic mass is 11.4. The van der Waals surface area contributed by atoms with Crippen LogP contribution in [0.25, 0.3) is 0 Å². The molecule has 0 amide bonds. The minimum Gasteiger partial charge on any atom is -0.388 e. The Balaban J connectivity index is 0. The Kier molecular flexibility index (Phi) is 32.9. The Hall–Kier alpha value is -0.190. The maximum atomic E-state index is 4.53. The molecule has 0 unspecified atom stereocenters. The smallest absolute Gasteiger partial charge is 0.0351 e. The van der Waals surface area contributed by atoms with Gasteiger partial charge in [0.2, 0.25) is 0 Å². The van der Waals surface area contributed by atoms with Crippen LogP contribution in [0.2, 0.25) is 0 Å². The summed E-state index contributed by atoms with van der Waals surface area (Å²) in [5.74, 6) is 0. The first-order valence-corrected chi connectivity index (χ1v) is 1.67. The molecule has 0 aromatic rings. The van der Waals surface area contributed by atoms with E-state index < -0.39 is 0 Å². The van der Waals surface area contributed by atoms with E-state index >= 15 is 0 Å². The molecule has 0 atom stereocenters. The second-order valence-corrected chi connectivity index (χ2v) is 0.736. The lowest BCUT2D eigenvalue weighted by molar-refractivity contribution is 0.277. The third-order valence-electron chi connectivity index (χ3n) is 0. The van der Waals surface area contributed by atoms with Crippen LogP contribution in [0.5, 0.6) is 0 Å². The van der Waals surface area contributed by atoms with Crippen LogP contribution in [0.4, 0.5) is 0 Å². The van der Waals surface area contributed by atoms with Crippen LogP contribution in [0, 0.1) is 11.8 Å². The van der Waals surface area contributed by atoms with E-state index in [1.807, 2.05) is 0 Å². The van der Waals surface area contributed by atoms with Crippen LogP contribution in [-0.2, 0) is 4.74 Å². The molecular weight excluding hydrogens is 99.5 g/mol. The summed E-state index contributed by atoms with van der Waals surface area (Å²) in [5, 5.41) is 1.72. The predicted octanol–water partition coefficient (Wildman–Crippen LogP) is 1.08. The highest BCUT2D eigenvalue weighted by atomic mass is 35.5. The number of methoxy groups -OCH3 is 1. The normalized spacial score (nSPS) is 4.33. The first-order chi connectivity index (χ1) is 2.83. The molecule has 0 saturated carbocycles. The number of terminal acetylenes is 1. The van der Waals surface area contributed by atoms with Crippen molar-refractivity contribution in [2.45, 2.75) is 0 Å². The van der Waals surface area contributed by atoms with Crippen molar-refractivity contribution in [2.75, 3.05) is 14.2 Å². The molecule has 0 saturated heterocycles. The molecule has 0 fully saturated rings. The standard InChI is InChI=1S/C2HCl.C2H6O/c1-2-3;1-3-2/h1H;1-2H3. The van der Waals surface area contributed by atoms with Gasteiger partial charge in [-0.25, -0.2) is 0 Å². The van der Waals surface area contributed by atoms with Crippen LogP contribution in [0.1, 0.15) is 0 Å². The summed E-state index contributed by atoms with van der Waals surface area (Å²) in [6.07, 6.45) is 4.36. The summed E-state index contributed by atoms with van der Waals surface area (Å²) in [7, 11) is 3.25. The van der Waals surface area contributed by atoms with E-state index in [4.69, 9.17) is 0 Å². The van der Waals surface area contributed by atoms with Crippen LogP contribution in [0.15, 0.2) is 0 Å². The molecule has 0 rings (SSSR count). The summed E-state index contributed by atoms with van der Waals surface area (Å²) < 4.78 is 4.25. The van der Waals surface area contributed by atoms with Gasteiger partial charge in [-0.15, -0.1) is 6.42 Å². The van der Waals surface area contributed by atoms with Crippen LogP contribution >= 0.6 is 11.6 Å². The van der Waals surface area contributed by atoms with Gasteiger partial charge in [0, 0.05) is 19.6 Å². The second kappa shape index (κ2) is 21.3. The molecule has 0 N–H and O–H groups in total. The molecule has 0 heterocycles. The summed E-state index contributed by atoms with van der Waals surface area (Å²) in [6, 6.07) is 0. The van der Waals surface area contributed by atoms with Crippen LogP contribution < -0.4 is 0 Å². The maximum absolute atomic E-state index is 4.53. The number of rotatable bonds is 0. The van der Waals surface area contributed by atoms with Crippen molar-refractivity contribution < 1.29 is 4.74 Å². The molecule has 0 aliphatic heterocycles. The van der Waals surface area contributed by atoms with E-state index in [2.05, 4.69) is 22.8 Å². The van der Waals surface area contributed by atoms with Gasteiger partial charge in [-0.2, -0.15) is 0 Å². The number of hydrogen-bond donors (Lipinski definition) is 0. The molecule has 2 heteroatoms. The molecule has 0 aromatic carbocycles. The first kappa shape index (κ1) is 9.26.